The summed E-state index contributed by atoms with van der Waals surface area (Å²) in [6.45, 7) is 1.97. The van der Waals surface area contributed by atoms with Crippen LogP contribution >= 0.6 is 15.9 Å². The average Bonchev–Trinajstić information content (AvgIpc) is 2.31. The van der Waals surface area contributed by atoms with Gasteiger partial charge in [-0.05, 0) is 24.6 Å². The van der Waals surface area contributed by atoms with Crippen LogP contribution in [-0.4, -0.2) is 20.0 Å². The fraction of sp³-hybridized carbons (Fsp3) is 0.462. The van der Waals surface area contributed by atoms with Crippen molar-refractivity contribution in [2.45, 2.75) is 25.9 Å². The Morgan fingerprint density at radius 1 is 1.41 bits per heavy atom. The minimum absolute atomic E-state index is 0.0754. The number of ether oxygens (including phenoxy) is 2. The first-order chi connectivity index (χ1) is 8.13. The van der Waals surface area contributed by atoms with Crippen molar-refractivity contribution in [3.8, 4) is 5.75 Å². The van der Waals surface area contributed by atoms with Crippen molar-refractivity contribution in [1.29, 1.82) is 0 Å². The molecule has 0 saturated carbocycles. The lowest BCUT2D eigenvalue weighted by Crippen LogP contribution is -2.15. The first kappa shape index (κ1) is 14.2. The molecule has 94 valence electrons. The molecule has 4 heteroatoms. The summed E-state index contributed by atoms with van der Waals surface area (Å²) in [6, 6.07) is 5.56. The number of Topliss-reactive ketones (excluding diaryl/α,β-unsaturated/α-hetero) is 1. The summed E-state index contributed by atoms with van der Waals surface area (Å²) >= 11 is 3.39. The molecule has 0 spiro atoms. The number of carbonyl (C=O) groups is 1. The molecule has 0 aliphatic rings. The van der Waals surface area contributed by atoms with Crippen molar-refractivity contribution < 1.29 is 14.3 Å². The molecule has 1 unspecified atom stereocenters. The Bertz CT molecular complexity index is 390. The van der Waals surface area contributed by atoms with E-state index in [0.717, 1.165) is 16.5 Å². The second kappa shape index (κ2) is 6.77. The Morgan fingerprint density at radius 3 is 2.65 bits per heavy atom. The maximum absolute atomic E-state index is 12.0. The van der Waals surface area contributed by atoms with Crippen LogP contribution in [0.2, 0.25) is 0 Å². The van der Waals surface area contributed by atoms with Crippen LogP contribution in [0.1, 0.15) is 31.4 Å². The van der Waals surface area contributed by atoms with E-state index >= 15 is 0 Å². The Labute approximate surface area is 110 Å². The highest BCUT2D eigenvalue weighted by atomic mass is 79.9. The van der Waals surface area contributed by atoms with E-state index in [1.807, 2.05) is 25.1 Å². The molecular formula is C13H17BrO3. The van der Waals surface area contributed by atoms with Gasteiger partial charge in [-0.25, -0.2) is 0 Å². The van der Waals surface area contributed by atoms with Gasteiger partial charge in [-0.15, -0.1) is 0 Å². The minimum atomic E-state index is -0.553. The first-order valence-electron chi connectivity index (χ1n) is 5.53. The molecule has 0 saturated heterocycles. The molecule has 0 radical (unpaired) electrons. The molecule has 3 nitrogen and oxygen atoms in total. The van der Waals surface area contributed by atoms with E-state index in [2.05, 4.69) is 15.9 Å². The Balaban J connectivity index is 3.09. The van der Waals surface area contributed by atoms with Gasteiger partial charge >= 0.3 is 0 Å². The molecule has 0 bridgehead atoms. The Kier molecular flexibility index (Phi) is 5.65. The lowest BCUT2D eigenvalue weighted by atomic mass is 10.0. The first-order valence-corrected chi connectivity index (χ1v) is 6.32. The van der Waals surface area contributed by atoms with Gasteiger partial charge in [-0.2, -0.15) is 0 Å². The third kappa shape index (κ3) is 3.54. The number of ketones is 1. The number of carbonyl (C=O) groups excluding carboxylic acids is 1. The van der Waals surface area contributed by atoms with E-state index in [4.69, 9.17) is 9.47 Å². The number of methoxy groups -OCH3 is 2. The van der Waals surface area contributed by atoms with E-state index in [1.54, 1.807) is 14.2 Å². The van der Waals surface area contributed by atoms with E-state index in [1.165, 1.54) is 0 Å². The van der Waals surface area contributed by atoms with Gasteiger partial charge in [0.25, 0.3) is 0 Å². The van der Waals surface area contributed by atoms with Crippen molar-refractivity contribution in [3.05, 3.63) is 28.2 Å². The molecule has 0 fully saturated rings. The Hall–Kier alpha value is -0.870. The van der Waals surface area contributed by atoms with Crippen molar-refractivity contribution in [3.63, 3.8) is 0 Å². The molecule has 1 aromatic rings. The quantitative estimate of drug-likeness (QED) is 0.806. The number of benzene rings is 1. The maximum Gasteiger partial charge on any atom is 0.166 e. The summed E-state index contributed by atoms with van der Waals surface area (Å²) in [5.74, 6) is 0.746. The van der Waals surface area contributed by atoms with Gasteiger partial charge in [-0.3, -0.25) is 4.79 Å². The van der Waals surface area contributed by atoms with E-state index in [-0.39, 0.29) is 5.78 Å². The van der Waals surface area contributed by atoms with Gasteiger partial charge < -0.3 is 9.47 Å². The molecule has 0 aromatic heterocycles. The summed E-state index contributed by atoms with van der Waals surface area (Å²) in [4.78, 5) is 12.0. The molecule has 0 aliphatic heterocycles. The van der Waals surface area contributed by atoms with E-state index in [9.17, 15) is 4.79 Å². The standard InChI is InChI=1S/C13H17BrO3/c1-4-5-11(15)13(17-3)10-8-9(14)6-7-12(10)16-2/h6-8,13H,4-5H2,1-3H3. The van der Waals surface area contributed by atoms with Crippen LogP contribution < -0.4 is 4.74 Å². The largest absolute Gasteiger partial charge is 0.496 e. The smallest absolute Gasteiger partial charge is 0.166 e. The van der Waals surface area contributed by atoms with Crippen LogP contribution in [0.25, 0.3) is 0 Å². The molecule has 1 rings (SSSR count). The van der Waals surface area contributed by atoms with Crippen molar-refractivity contribution in [2.75, 3.05) is 14.2 Å². The molecule has 1 aromatic carbocycles. The number of halogens is 1. The maximum atomic E-state index is 12.0. The van der Waals surface area contributed by atoms with Crippen LogP contribution in [-0.2, 0) is 9.53 Å². The zero-order valence-electron chi connectivity index (χ0n) is 10.3. The molecule has 0 N–H and O–H groups in total. The summed E-state index contributed by atoms with van der Waals surface area (Å²) < 4.78 is 11.5. The lowest BCUT2D eigenvalue weighted by molar-refractivity contribution is -0.129. The van der Waals surface area contributed by atoms with Crippen LogP contribution in [0.3, 0.4) is 0 Å². The summed E-state index contributed by atoms with van der Waals surface area (Å²) in [7, 11) is 3.13. The second-order valence-corrected chi connectivity index (χ2v) is 4.63. The van der Waals surface area contributed by atoms with Gasteiger partial charge in [-0.1, -0.05) is 22.9 Å². The highest BCUT2D eigenvalue weighted by Crippen LogP contribution is 2.31. The minimum Gasteiger partial charge on any atom is -0.496 e. The Morgan fingerprint density at radius 2 is 2.12 bits per heavy atom. The SMILES string of the molecule is CCCC(=O)C(OC)c1cc(Br)ccc1OC. The monoisotopic (exact) mass is 300 g/mol. The molecule has 0 amide bonds. The van der Waals surface area contributed by atoms with Gasteiger partial charge in [0.15, 0.2) is 5.78 Å². The topological polar surface area (TPSA) is 35.5 Å². The third-order valence-corrected chi connectivity index (χ3v) is 2.99. The normalized spacial score (nSPS) is 12.2. The molecular weight excluding hydrogens is 284 g/mol. The summed E-state index contributed by atoms with van der Waals surface area (Å²) in [5.41, 5.74) is 0.767. The summed E-state index contributed by atoms with van der Waals surface area (Å²) in [5, 5.41) is 0. The van der Waals surface area contributed by atoms with Crippen molar-refractivity contribution in [1.82, 2.24) is 0 Å². The molecule has 0 heterocycles. The highest BCUT2D eigenvalue weighted by Gasteiger charge is 2.22. The lowest BCUT2D eigenvalue weighted by Gasteiger charge is -2.17. The van der Waals surface area contributed by atoms with Crippen LogP contribution in [0, 0.1) is 0 Å². The summed E-state index contributed by atoms with van der Waals surface area (Å²) in [6.07, 6.45) is 0.769. The van der Waals surface area contributed by atoms with Crippen LogP contribution in [0.15, 0.2) is 22.7 Å². The zero-order chi connectivity index (χ0) is 12.8. The third-order valence-electron chi connectivity index (χ3n) is 2.50. The van der Waals surface area contributed by atoms with E-state index < -0.39 is 6.10 Å². The fourth-order valence-electron chi connectivity index (χ4n) is 1.72. The predicted molar refractivity (Wildman–Crippen MR) is 70.4 cm³/mol. The zero-order valence-corrected chi connectivity index (χ0v) is 11.9. The predicted octanol–water partition coefficient (Wildman–Crippen LogP) is 3.51. The molecule has 1 atom stereocenters. The van der Waals surface area contributed by atoms with Gasteiger partial charge in [0.1, 0.15) is 11.9 Å². The highest BCUT2D eigenvalue weighted by molar-refractivity contribution is 9.10. The van der Waals surface area contributed by atoms with Crippen molar-refractivity contribution >= 4 is 21.7 Å². The second-order valence-electron chi connectivity index (χ2n) is 3.72. The fourth-order valence-corrected chi connectivity index (χ4v) is 2.10. The van der Waals surface area contributed by atoms with Gasteiger partial charge in [0.05, 0.1) is 7.11 Å². The van der Waals surface area contributed by atoms with Crippen LogP contribution in [0.4, 0.5) is 0 Å². The number of rotatable bonds is 6. The van der Waals surface area contributed by atoms with Gasteiger partial charge in [0, 0.05) is 23.6 Å². The molecule has 17 heavy (non-hydrogen) atoms. The molecule has 0 aliphatic carbocycles. The number of hydrogen-bond donors (Lipinski definition) is 0. The number of hydrogen-bond acceptors (Lipinski definition) is 3. The van der Waals surface area contributed by atoms with Crippen molar-refractivity contribution in [2.24, 2.45) is 0 Å². The average molecular weight is 301 g/mol. The van der Waals surface area contributed by atoms with E-state index in [0.29, 0.717) is 12.2 Å². The van der Waals surface area contributed by atoms with Gasteiger partial charge in [0.2, 0.25) is 0 Å². The van der Waals surface area contributed by atoms with Crippen LogP contribution in [0.5, 0.6) is 5.75 Å².